The molecule has 0 heterocycles. The van der Waals surface area contributed by atoms with E-state index in [1.165, 1.54) is 12.0 Å². The van der Waals surface area contributed by atoms with E-state index in [1.54, 1.807) is 0 Å². The molecule has 1 aliphatic rings. The molecule has 0 aromatic rings. The molecule has 0 fully saturated rings. The van der Waals surface area contributed by atoms with Crippen molar-refractivity contribution in [3.05, 3.63) is 36.0 Å². The average Bonchev–Trinajstić information content (AvgIpc) is 2.12. The molecule has 0 amide bonds. The largest absolute Gasteiger partial charge is 0.0805 e. The lowest BCUT2D eigenvalue weighted by atomic mass is 9.87. The summed E-state index contributed by atoms with van der Waals surface area (Å²) in [7, 11) is 0. The van der Waals surface area contributed by atoms with Gasteiger partial charge in [0.15, 0.2) is 0 Å². The van der Waals surface area contributed by atoms with Crippen molar-refractivity contribution in [2.75, 3.05) is 0 Å². The van der Waals surface area contributed by atoms with Crippen molar-refractivity contribution >= 4 is 0 Å². The Bertz CT molecular complexity index is 221. The standard InChI is InChI=1S/C12H18/c1-12(2,3)10-11-8-6-4-5-7-9-11/h4-8H,9-10H2,1-3H3. The molecule has 0 atom stereocenters. The minimum absolute atomic E-state index is 0.415. The summed E-state index contributed by atoms with van der Waals surface area (Å²) in [6.45, 7) is 6.85. The lowest BCUT2D eigenvalue weighted by molar-refractivity contribution is 0.407. The van der Waals surface area contributed by atoms with Crippen LogP contribution >= 0.6 is 0 Å². The Morgan fingerprint density at radius 3 is 2.58 bits per heavy atom. The van der Waals surface area contributed by atoms with E-state index in [9.17, 15) is 0 Å². The van der Waals surface area contributed by atoms with Crippen molar-refractivity contribution in [1.29, 1.82) is 0 Å². The van der Waals surface area contributed by atoms with E-state index in [2.05, 4.69) is 51.2 Å². The summed E-state index contributed by atoms with van der Waals surface area (Å²) in [5.41, 5.74) is 1.95. The first kappa shape index (κ1) is 9.31. The molecule has 0 N–H and O–H groups in total. The molecule has 0 saturated heterocycles. The molecule has 0 aromatic carbocycles. The van der Waals surface area contributed by atoms with Gasteiger partial charge in [-0.1, -0.05) is 56.7 Å². The third-order valence-corrected chi connectivity index (χ3v) is 1.83. The van der Waals surface area contributed by atoms with Crippen molar-refractivity contribution in [3.8, 4) is 0 Å². The van der Waals surface area contributed by atoms with Gasteiger partial charge in [-0.05, 0) is 18.3 Å². The highest BCUT2D eigenvalue weighted by atomic mass is 14.2. The molecule has 1 aliphatic carbocycles. The first-order valence-corrected chi connectivity index (χ1v) is 4.59. The molecular formula is C12H18. The topological polar surface area (TPSA) is 0 Å². The van der Waals surface area contributed by atoms with E-state index in [-0.39, 0.29) is 0 Å². The molecule has 0 heteroatoms. The van der Waals surface area contributed by atoms with Gasteiger partial charge in [-0.3, -0.25) is 0 Å². The van der Waals surface area contributed by atoms with E-state index < -0.39 is 0 Å². The van der Waals surface area contributed by atoms with E-state index in [1.807, 2.05) is 0 Å². The summed E-state index contributed by atoms with van der Waals surface area (Å²) in [5, 5.41) is 0. The normalized spacial score (nSPS) is 17.4. The lowest BCUT2D eigenvalue weighted by Gasteiger charge is -2.19. The Morgan fingerprint density at radius 1 is 1.17 bits per heavy atom. The van der Waals surface area contributed by atoms with Crippen LogP contribution in [-0.2, 0) is 0 Å². The van der Waals surface area contributed by atoms with Crippen LogP contribution in [0.2, 0.25) is 0 Å². The monoisotopic (exact) mass is 162 g/mol. The third-order valence-electron chi connectivity index (χ3n) is 1.83. The van der Waals surface area contributed by atoms with Crippen molar-refractivity contribution in [2.45, 2.75) is 33.6 Å². The van der Waals surface area contributed by atoms with Crippen LogP contribution in [0.15, 0.2) is 36.0 Å². The Morgan fingerprint density at radius 2 is 1.92 bits per heavy atom. The predicted octanol–water partition coefficient (Wildman–Crippen LogP) is 3.87. The summed E-state index contributed by atoms with van der Waals surface area (Å²) in [6, 6.07) is 0. The van der Waals surface area contributed by atoms with Gasteiger partial charge in [0.25, 0.3) is 0 Å². The van der Waals surface area contributed by atoms with E-state index >= 15 is 0 Å². The summed E-state index contributed by atoms with van der Waals surface area (Å²) in [5.74, 6) is 0. The quantitative estimate of drug-likeness (QED) is 0.549. The molecular weight excluding hydrogens is 144 g/mol. The maximum absolute atomic E-state index is 2.28. The second-order valence-electron chi connectivity index (χ2n) is 4.58. The highest BCUT2D eigenvalue weighted by molar-refractivity contribution is 5.23. The second-order valence-corrected chi connectivity index (χ2v) is 4.58. The van der Waals surface area contributed by atoms with Gasteiger partial charge in [-0.25, -0.2) is 0 Å². The Kier molecular flexibility index (Phi) is 2.91. The smallest absolute Gasteiger partial charge is 0.0132 e. The van der Waals surface area contributed by atoms with Gasteiger partial charge in [0, 0.05) is 0 Å². The van der Waals surface area contributed by atoms with Gasteiger partial charge < -0.3 is 0 Å². The molecule has 0 saturated carbocycles. The van der Waals surface area contributed by atoms with Crippen LogP contribution in [0.25, 0.3) is 0 Å². The summed E-state index contributed by atoms with van der Waals surface area (Å²) in [6.07, 6.45) is 13.1. The fourth-order valence-electron chi connectivity index (χ4n) is 1.43. The van der Waals surface area contributed by atoms with Gasteiger partial charge in [0.1, 0.15) is 0 Å². The number of rotatable bonds is 1. The van der Waals surface area contributed by atoms with Crippen LogP contribution < -0.4 is 0 Å². The van der Waals surface area contributed by atoms with Crippen LogP contribution in [0.1, 0.15) is 33.6 Å². The van der Waals surface area contributed by atoms with Crippen LogP contribution in [0.5, 0.6) is 0 Å². The highest BCUT2D eigenvalue weighted by Gasteiger charge is 2.11. The van der Waals surface area contributed by atoms with Crippen LogP contribution in [0, 0.1) is 5.41 Å². The Labute approximate surface area is 75.7 Å². The maximum atomic E-state index is 2.28. The predicted molar refractivity (Wildman–Crippen MR) is 55.1 cm³/mol. The SMILES string of the molecule is CC(C)(C)CC1=CC=CC=CC1. The lowest BCUT2D eigenvalue weighted by Crippen LogP contribution is -2.05. The zero-order valence-electron chi connectivity index (χ0n) is 8.30. The van der Waals surface area contributed by atoms with E-state index in [4.69, 9.17) is 0 Å². The maximum Gasteiger partial charge on any atom is -0.0132 e. The van der Waals surface area contributed by atoms with E-state index in [0.29, 0.717) is 5.41 Å². The third kappa shape index (κ3) is 3.56. The summed E-state index contributed by atoms with van der Waals surface area (Å²) < 4.78 is 0. The molecule has 0 nitrogen and oxygen atoms in total. The van der Waals surface area contributed by atoms with Crippen molar-refractivity contribution in [2.24, 2.45) is 5.41 Å². The molecule has 0 spiro atoms. The summed E-state index contributed by atoms with van der Waals surface area (Å²) in [4.78, 5) is 0. The minimum atomic E-state index is 0.415. The molecule has 0 unspecified atom stereocenters. The molecule has 0 aliphatic heterocycles. The molecule has 66 valence electrons. The molecule has 0 radical (unpaired) electrons. The number of allylic oxidation sites excluding steroid dienone is 6. The van der Waals surface area contributed by atoms with Gasteiger partial charge in [-0.2, -0.15) is 0 Å². The van der Waals surface area contributed by atoms with Gasteiger partial charge in [0.2, 0.25) is 0 Å². The molecule has 0 aromatic heterocycles. The van der Waals surface area contributed by atoms with Gasteiger partial charge in [0.05, 0.1) is 0 Å². The molecule has 0 bridgehead atoms. The zero-order valence-corrected chi connectivity index (χ0v) is 8.30. The molecule has 1 rings (SSSR count). The van der Waals surface area contributed by atoms with Crippen LogP contribution in [0.3, 0.4) is 0 Å². The minimum Gasteiger partial charge on any atom is -0.0805 e. The van der Waals surface area contributed by atoms with Gasteiger partial charge in [-0.15, -0.1) is 0 Å². The summed E-state index contributed by atoms with van der Waals surface area (Å²) >= 11 is 0. The van der Waals surface area contributed by atoms with Crippen LogP contribution in [-0.4, -0.2) is 0 Å². The second kappa shape index (κ2) is 3.75. The Balaban J connectivity index is 2.58. The van der Waals surface area contributed by atoms with E-state index in [0.717, 1.165) is 6.42 Å². The number of hydrogen-bond acceptors (Lipinski definition) is 0. The first-order chi connectivity index (χ1) is 5.58. The van der Waals surface area contributed by atoms with Crippen molar-refractivity contribution < 1.29 is 0 Å². The fourth-order valence-corrected chi connectivity index (χ4v) is 1.43. The van der Waals surface area contributed by atoms with Crippen molar-refractivity contribution in [1.82, 2.24) is 0 Å². The van der Waals surface area contributed by atoms with Crippen LogP contribution in [0.4, 0.5) is 0 Å². The fraction of sp³-hybridized carbons (Fsp3) is 0.500. The first-order valence-electron chi connectivity index (χ1n) is 4.59. The Hall–Kier alpha value is -0.780. The van der Waals surface area contributed by atoms with Crippen molar-refractivity contribution in [3.63, 3.8) is 0 Å². The highest BCUT2D eigenvalue weighted by Crippen LogP contribution is 2.26. The average molecular weight is 162 g/mol. The molecule has 12 heavy (non-hydrogen) atoms. The number of hydrogen-bond donors (Lipinski definition) is 0. The van der Waals surface area contributed by atoms with Gasteiger partial charge >= 0.3 is 0 Å². The zero-order chi connectivity index (χ0) is 9.03.